The zero-order chi connectivity index (χ0) is 14.0. The molecule has 0 radical (unpaired) electrons. The van der Waals surface area contributed by atoms with Crippen molar-refractivity contribution in [3.63, 3.8) is 0 Å². The van der Waals surface area contributed by atoms with E-state index in [4.69, 9.17) is 5.11 Å². The minimum Gasteiger partial charge on any atom is -0.480 e. The van der Waals surface area contributed by atoms with Gasteiger partial charge < -0.3 is 20.2 Å². The molecule has 3 atom stereocenters. The van der Waals surface area contributed by atoms with Crippen LogP contribution in [0.3, 0.4) is 0 Å². The van der Waals surface area contributed by atoms with Crippen molar-refractivity contribution in [2.75, 3.05) is 26.7 Å². The maximum Gasteiger partial charge on any atom is 0.325 e. The van der Waals surface area contributed by atoms with Crippen LogP contribution >= 0.6 is 0 Å². The summed E-state index contributed by atoms with van der Waals surface area (Å²) in [6.07, 6.45) is 3.32. The number of carbonyl (C=O) groups is 2. The highest BCUT2D eigenvalue weighted by atomic mass is 16.4. The van der Waals surface area contributed by atoms with Crippen molar-refractivity contribution >= 4 is 12.0 Å². The number of urea groups is 1. The lowest BCUT2D eigenvalue weighted by Crippen LogP contribution is -2.56. The van der Waals surface area contributed by atoms with E-state index in [0.29, 0.717) is 18.5 Å². The first-order chi connectivity index (χ1) is 8.99. The third kappa shape index (κ3) is 3.18. The Hall–Kier alpha value is -1.30. The molecule has 2 aliphatic heterocycles. The molecule has 108 valence electrons. The van der Waals surface area contributed by atoms with Gasteiger partial charge in [0.15, 0.2) is 0 Å². The molecular weight excluding hydrogens is 246 g/mol. The van der Waals surface area contributed by atoms with Gasteiger partial charge in [0.05, 0.1) is 0 Å². The van der Waals surface area contributed by atoms with Crippen molar-refractivity contribution in [1.29, 1.82) is 0 Å². The van der Waals surface area contributed by atoms with Crippen LogP contribution in [0.4, 0.5) is 4.79 Å². The van der Waals surface area contributed by atoms with E-state index in [1.807, 2.05) is 0 Å². The molecule has 0 aliphatic carbocycles. The summed E-state index contributed by atoms with van der Waals surface area (Å²) < 4.78 is 0. The molecule has 0 spiro atoms. The second-order valence-electron chi connectivity index (χ2n) is 5.69. The molecule has 2 fully saturated rings. The first-order valence-electron chi connectivity index (χ1n) is 6.97. The zero-order valence-electron chi connectivity index (χ0n) is 11.6. The maximum absolute atomic E-state index is 12.0. The van der Waals surface area contributed by atoms with Crippen LogP contribution in [0.25, 0.3) is 0 Å². The van der Waals surface area contributed by atoms with Crippen molar-refractivity contribution < 1.29 is 14.7 Å². The predicted molar refractivity (Wildman–Crippen MR) is 71.0 cm³/mol. The molecule has 0 bridgehead atoms. The van der Waals surface area contributed by atoms with Gasteiger partial charge in [0, 0.05) is 19.1 Å². The summed E-state index contributed by atoms with van der Waals surface area (Å²) >= 11 is 0. The lowest BCUT2D eigenvalue weighted by Gasteiger charge is -2.45. The van der Waals surface area contributed by atoms with Crippen LogP contribution in [0.15, 0.2) is 0 Å². The highest BCUT2D eigenvalue weighted by Crippen LogP contribution is 2.29. The van der Waals surface area contributed by atoms with Gasteiger partial charge in [-0.2, -0.15) is 0 Å². The fraction of sp³-hybridized carbons (Fsp3) is 0.846. The summed E-state index contributed by atoms with van der Waals surface area (Å²) in [5, 5.41) is 11.3. The van der Waals surface area contributed by atoms with Gasteiger partial charge in [-0.25, -0.2) is 4.79 Å². The number of nitrogens with one attached hydrogen (secondary N) is 1. The normalized spacial score (nSPS) is 29.5. The van der Waals surface area contributed by atoms with Crippen LogP contribution in [-0.4, -0.2) is 65.7 Å². The van der Waals surface area contributed by atoms with Crippen LogP contribution in [0.2, 0.25) is 0 Å². The number of fused-ring (bicyclic) bond motifs is 1. The Kier molecular flexibility index (Phi) is 4.29. The number of amides is 2. The maximum atomic E-state index is 12.0. The lowest BCUT2D eigenvalue weighted by atomic mass is 9.84. The summed E-state index contributed by atoms with van der Waals surface area (Å²) in [7, 11) is 2.15. The van der Waals surface area contributed by atoms with Gasteiger partial charge in [-0.3, -0.25) is 4.79 Å². The van der Waals surface area contributed by atoms with Crippen LogP contribution in [0.5, 0.6) is 0 Å². The Morgan fingerprint density at radius 3 is 2.74 bits per heavy atom. The van der Waals surface area contributed by atoms with Gasteiger partial charge in [-0.15, -0.1) is 0 Å². The van der Waals surface area contributed by atoms with E-state index in [1.165, 1.54) is 13.3 Å². The number of hydrogen-bond acceptors (Lipinski definition) is 3. The molecule has 0 aromatic carbocycles. The molecule has 6 nitrogen and oxygen atoms in total. The van der Waals surface area contributed by atoms with Crippen molar-refractivity contribution in [2.45, 2.75) is 38.3 Å². The number of carboxylic acids is 1. The van der Waals surface area contributed by atoms with E-state index >= 15 is 0 Å². The second kappa shape index (κ2) is 5.77. The number of rotatable bonds is 2. The number of aliphatic carboxylic acids is 1. The number of likely N-dealkylation sites (tertiary alicyclic amines) is 2. The minimum atomic E-state index is -0.999. The van der Waals surface area contributed by atoms with Crippen LogP contribution in [0.1, 0.15) is 26.2 Å². The summed E-state index contributed by atoms with van der Waals surface area (Å²) in [6, 6.07) is -0.504. The fourth-order valence-electron chi connectivity index (χ4n) is 3.18. The molecule has 0 aromatic heterocycles. The number of nitrogens with zero attached hydrogens (tertiary/aromatic N) is 2. The number of piperidine rings is 2. The summed E-state index contributed by atoms with van der Waals surface area (Å²) in [6.45, 7) is 4.08. The molecule has 2 aliphatic rings. The van der Waals surface area contributed by atoms with Crippen LogP contribution in [0, 0.1) is 5.92 Å². The molecule has 2 rings (SSSR count). The first-order valence-corrected chi connectivity index (χ1v) is 6.97. The molecule has 2 saturated heterocycles. The quantitative estimate of drug-likeness (QED) is 0.769. The van der Waals surface area contributed by atoms with Crippen molar-refractivity contribution in [1.82, 2.24) is 15.1 Å². The average molecular weight is 269 g/mol. The highest BCUT2D eigenvalue weighted by molar-refractivity contribution is 5.82. The van der Waals surface area contributed by atoms with E-state index in [0.717, 1.165) is 25.9 Å². The Morgan fingerprint density at radius 2 is 2.05 bits per heavy atom. The second-order valence-corrected chi connectivity index (χ2v) is 5.69. The molecule has 2 heterocycles. The van der Waals surface area contributed by atoms with E-state index in [-0.39, 0.29) is 6.03 Å². The van der Waals surface area contributed by atoms with E-state index in [9.17, 15) is 9.59 Å². The Morgan fingerprint density at radius 1 is 1.32 bits per heavy atom. The smallest absolute Gasteiger partial charge is 0.325 e. The predicted octanol–water partition coefficient (Wildman–Crippen LogP) is 0.585. The van der Waals surface area contributed by atoms with E-state index < -0.39 is 12.0 Å². The van der Waals surface area contributed by atoms with Gasteiger partial charge in [0.1, 0.15) is 6.04 Å². The molecule has 3 unspecified atom stereocenters. The van der Waals surface area contributed by atoms with Crippen molar-refractivity contribution in [3.05, 3.63) is 0 Å². The first kappa shape index (κ1) is 14.1. The Balaban J connectivity index is 1.90. The highest BCUT2D eigenvalue weighted by Gasteiger charge is 2.36. The Labute approximate surface area is 113 Å². The van der Waals surface area contributed by atoms with Gasteiger partial charge >= 0.3 is 12.0 Å². The molecule has 19 heavy (non-hydrogen) atoms. The van der Waals surface area contributed by atoms with Gasteiger partial charge in [0.25, 0.3) is 0 Å². The average Bonchev–Trinajstić information content (AvgIpc) is 2.38. The molecule has 6 heteroatoms. The SMILES string of the molecule is CC(NC(=O)N1CCC2C(CCCN2C)C1)C(=O)O. The molecular formula is C13H23N3O3. The fourth-order valence-corrected chi connectivity index (χ4v) is 3.18. The minimum absolute atomic E-state index is 0.249. The van der Waals surface area contributed by atoms with Crippen molar-refractivity contribution in [2.24, 2.45) is 5.92 Å². The zero-order valence-corrected chi connectivity index (χ0v) is 11.6. The molecule has 2 N–H and O–H groups in total. The summed E-state index contributed by atoms with van der Waals surface area (Å²) in [4.78, 5) is 26.9. The topological polar surface area (TPSA) is 72.9 Å². The monoisotopic (exact) mass is 269 g/mol. The van der Waals surface area contributed by atoms with Gasteiger partial charge in [-0.1, -0.05) is 0 Å². The number of carboxylic acid groups (broad SMARTS) is 1. The summed E-state index contributed by atoms with van der Waals surface area (Å²) in [5.74, 6) is -0.473. The Bertz CT molecular complexity index is 361. The van der Waals surface area contributed by atoms with Crippen molar-refractivity contribution in [3.8, 4) is 0 Å². The third-order valence-corrected chi connectivity index (χ3v) is 4.34. The van der Waals surface area contributed by atoms with Gasteiger partial charge in [-0.05, 0) is 45.7 Å². The standard InChI is InChI=1S/C13H23N3O3/c1-9(12(17)18)14-13(19)16-7-5-11-10(8-16)4-3-6-15(11)2/h9-11H,3-8H2,1-2H3,(H,14,19)(H,17,18). The third-order valence-electron chi connectivity index (χ3n) is 4.34. The lowest BCUT2D eigenvalue weighted by molar-refractivity contribution is -0.138. The number of hydrogen-bond donors (Lipinski definition) is 2. The van der Waals surface area contributed by atoms with Gasteiger partial charge in [0.2, 0.25) is 0 Å². The van der Waals surface area contributed by atoms with Crippen LogP contribution < -0.4 is 5.32 Å². The van der Waals surface area contributed by atoms with E-state index in [2.05, 4.69) is 17.3 Å². The largest absolute Gasteiger partial charge is 0.480 e. The summed E-state index contributed by atoms with van der Waals surface area (Å²) in [5.41, 5.74) is 0. The van der Waals surface area contributed by atoms with E-state index in [1.54, 1.807) is 4.90 Å². The van der Waals surface area contributed by atoms with Crippen LogP contribution in [-0.2, 0) is 4.79 Å². The number of carbonyl (C=O) groups excluding carboxylic acids is 1. The molecule has 0 saturated carbocycles. The molecule has 0 aromatic rings. The molecule has 2 amide bonds.